The highest BCUT2D eigenvalue weighted by atomic mass is 127. The number of aromatic nitrogens is 1. The van der Waals surface area contributed by atoms with Crippen molar-refractivity contribution in [1.82, 2.24) is 4.98 Å². The first kappa shape index (κ1) is 8.31. The molecule has 0 N–H and O–H groups in total. The van der Waals surface area contributed by atoms with E-state index in [0.29, 0.717) is 11.8 Å². The van der Waals surface area contributed by atoms with E-state index in [1.807, 2.05) is 18.2 Å². The third-order valence-corrected chi connectivity index (χ3v) is 2.60. The first-order chi connectivity index (χ1) is 5.81. The van der Waals surface area contributed by atoms with E-state index in [0.717, 1.165) is 14.7 Å². The van der Waals surface area contributed by atoms with Crippen LogP contribution in [-0.4, -0.2) is 4.98 Å². The summed E-state index contributed by atoms with van der Waals surface area (Å²) in [6, 6.07) is 5.84. The Morgan fingerprint density at radius 3 is 3.00 bits per heavy atom. The lowest BCUT2D eigenvalue weighted by Crippen LogP contribution is -1.72. The van der Waals surface area contributed by atoms with Gasteiger partial charge < -0.3 is 4.42 Å². The quantitative estimate of drug-likeness (QED) is 0.596. The number of hydrogen-bond donors (Lipinski definition) is 0. The van der Waals surface area contributed by atoms with Crippen LogP contribution < -0.4 is 0 Å². The summed E-state index contributed by atoms with van der Waals surface area (Å²) in [5, 5.41) is 0. The maximum absolute atomic E-state index is 5.59. The summed E-state index contributed by atoms with van der Waals surface area (Å²) >= 11 is 7.80. The van der Waals surface area contributed by atoms with Gasteiger partial charge >= 0.3 is 0 Å². The van der Waals surface area contributed by atoms with Gasteiger partial charge in [-0.05, 0) is 34.7 Å². The zero-order chi connectivity index (χ0) is 8.55. The predicted molar refractivity (Wildman–Crippen MR) is 56.3 cm³/mol. The number of benzene rings is 1. The lowest BCUT2D eigenvalue weighted by molar-refractivity contribution is 0.553. The van der Waals surface area contributed by atoms with Crippen molar-refractivity contribution in [2.75, 3.05) is 0 Å². The van der Waals surface area contributed by atoms with Crippen LogP contribution in [-0.2, 0) is 5.88 Å². The Morgan fingerprint density at radius 1 is 1.50 bits per heavy atom. The van der Waals surface area contributed by atoms with Crippen molar-refractivity contribution in [2.24, 2.45) is 0 Å². The lowest BCUT2D eigenvalue weighted by atomic mass is 10.3. The van der Waals surface area contributed by atoms with Crippen LogP contribution in [0.15, 0.2) is 22.6 Å². The Morgan fingerprint density at radius 2 is 2.33 bits per heavy atom. The molecular formula is C8H5ClINO. The Kier molecular flexibility index (Phi) is 2.23. The van der Waals surface area contributed by atoms with Crippen LogP contribution in [0, 0.1) is 3.57 Å². The second-order valence-corrected chi connectivity index (χ2v) is 3.76. The molecule has 0 fully saturated rings. The summed E-state index contributed by atoms with van der Waals surface area (Å²) in [6.07, 6.45) is 0. The second-order valence-electron chi connectivity index (χ2n) is 2.33. The minimum atomic E-state index is 0.324. The van der Waals surface area contributed by atoms with Crippen LogP contribution in [0.1, 0.15) is 5.89 Å². The molecule has 0 radical (unpaired) electrons. The van der Waals surface area contributed by atoms with E-state index in [9.17, 15) is 0 Å². The molecule has 2 rings (SSSR count). The largest absolute Gasteiger partial charge is 0.438 e. The maximum atomic E-state index is 5.59. The SMILES string of the molecule is ClCc1nc2cccc(I)c2o1. The van der Waals surface area contributed by atoms with Gasteiger partial charge in [0.1, 0.15) is 5.52 Å². The summed E-state index contributed by atoms with van der Waals surface area (Å²) in [4.78, 5) is 4.19. The van der Waals surface area contributed by atoms with Gasteiger partial charge in [0.15, 0.2) is 5.58 Å². The normalized spacial score (nSPS) is 10.8. The molecule has 1 aromatic carbocycles. The van der Waals surface area contributed by atoms with Crippen LogP contribution >= 0.6 is 34.2 Å². The highest BCUT2D eigenvalue weighted by Gasteiger charge is 2.06. The minimum absolute atomic E-state index is 0.324. The molecule has 0 aliphatic heterocycles. The molecule has 0 saturated heterocycles. The van der Waals surface area contributed by atoms with Crippen molar-refractivity contribution in [3.8, 4) is 0 Å². The molecule has 0 aliphatic carbocycles. The number of alkyl halides is 1. The smallest absolute Gasteiger partial charge is 0.210 e. The second kappa shape index (κ2) is 3.22. The van der Waals surface area contributed by atoms with Gasteiger partial charge in [-0.2, -0.15) is 0 Å². The van der Waals surface area contributed by atoms with Gasteiger partial charge in [0.05, 0.1) is 9.45 Å². The van der Waals surface area contributed by atoms with E-state index >= 15 is 0 Å². The average molecular weight is 293 g/mol. The fourth-order valence-corrected chi connectivity index (χ4v) is 1.73. The zero-order valence-corrected chi connectivity index (χ0v) is 8.96. The number of nitrogens with zero attached hydrogens (tertiary/aromatic N) is 1. The topological polar surface area (TPSA) is 26.0 Å². The molecule has 1 aromatic heterocycles. The fraction of sp³-hybridized carbons (Fsp3) is 0.125. The number of fused-ring (bicyclic) bond motifs is 1. The van der Waals surface area contributed by atoms with Gasteiger partial charge in [0, 0.05) is 0 Å². The van der Waals surface area contributed by atoms with E-state index < -0.39 is 0 Å². The van der Waals surface area contributed by atoms with E-state index in [2.05, 4.69) is 27.6 Å². The Balaban J connectivity index is 2.74. The molecule has 62 valence electrons. The van der Waals surface area contributed by atoms with Crippen molar-refractivity contribution in [3.63, 3.8) is 0 Å². The van der Waals surface area contributed by atoms with Gasteiger partial charge in [0.25, 0.3) is 0 Å². The number of halogens is 2. The van der Waals surface area contributed by atoms with Gasteiger partial charge in [-0.25, -0.2) is 4.98 Å². The van der Waals surface area contributed by atoms with Crippen molar-refractivity contribution >= 4 is 45.3 Å². The van der Waals surface area contributed by atoms with Crippen molar-refractivity contribution < 1.29 is 4.42 Å². The highest BCUT2D eigenvalue weighted by molar-refractivity contribution is 14.1. The zero-order valence-electron chi connectivity index (χ0n) is 6.05. The summed E-state index contributed by atoms with van der Waals surface area (Å²) in [7, 11) is 0. The molecule has 12 heavy (non-hydrogen) atoms. The summed E-state index contributed by atoms with van der Waals surface area (Å²) in [5.41, 5.74) is 1.70. The van der Waals surface area contributed by atoms with E-state index in [4.69, 9.17) is 16.0 Å². The fourth-order valence-electron chi connectivity index (χ4n) is 1.02. The van der Waals surface area contributed by atoms with Gasteiger partial charge in [0.2, 0.25) is 5.89 Å². The van der Waals surface area contributed by atoms with Crippen molar-refractivity contribution in [2.45, 2.75) is 5.88 Å². The first-order valence-corrected chi connectivity index (χ1v) is 5.02. The Bertz CT molecular complexity index is 412. The molecule has 0 bridgehead atoms. The molecule has 2 aromatic rings. The molecule has 0 spiro atoms. The highest BCUT2D eigenvalue weighted by Crippen LogP contribution is 2.21. The first-order valence-electron chi connectivity index (χ1n) is 3.41. The third kappa shape index (κ3) is 1.31. The molecule has 0 aliphatic rings. The minimum Gasteiger partial charge on any atom is -0.438 e. The molecular weight excluding hydrogens is 288 g/mol. The molecule has 0 amide bonds. The van der Waals surface area contributed by atoms with Crippen molar-refractivity contribution in [1.29, 1.82) is 0 Å². The molecule has 0 unspecified atom stereocenters. The summed E-state index contributed by atoms with van der Waals surface area (Å²) in [5.74, 6) is 0.904. The number of para-hydroxylation sites is 1. The number of oxazole rings is 1. The van der Waals surface area contributed by atoms with E-state index in [1.54, 1.807) is 0 Å². The van der Waals surface area contributed by atoms with Crippen LogP contribution in [0.5, 0.6) is 0 Å². The van der Waals surface area contributed by atoms with Gasteiger partial charge in [-0.15, -0.1) is 11.6 Å². The van der Waals surface area contributed by atoms with Gasteiger partial charge in [-0.3, -0.25) is 0 Å². The lowest BCUT2D eigenvalue weighted by Gasteiger charge is -1.87. The molecule has 0 saturated carbocycles. The van der Waals surface area contributed by atoms with Crippen LogP contribution in [0.3, 0.4) is 0 Å². The summed E-state index contributed by atoms with van der Waals surface area (Å²) < 4.78 is 6.46. The monoisotopic (exact) mass is 293 g/mol. The van der Waals surface area contributed by atoms with Crippen LogP contribution in [0.4, 0.5) is 0 Å². The molecule has 1 heterocycles. The van der Waals surface area contributed by atoms with Crippen LogP contribution in [0.2, 0.25) is 0 Å². The average Bonchev–Trinajstić information content (AvgIpc) is 2.49. The maximum Gasteiger partial charge on any atom is 0.210 e. The molecule has 4 heteroatoms. The summed E-state index contributed by atoms with van der Waals surface area (Å²) in [6.45, 7) is 0. The Hall–Kier alpha value is -0.290. The Labute approximate surface area is 88.1 Å². The van der Waals surface area contributed by atoms with Crippen molar-refractivity contribution in [3.05, 3.63) is 27.7 Å². The standard InChI is InChI=1S/C8H5ClINO/c9-4-7-11-6-3-1-2-5(10)8(6)12-7/h1-3H,4H2. The third-order valence-electron chi connectivity index (χ3n) is 1.53. The van der Waals surface area contributed by atoms with Crippen LogP contribution in [0.25, 0.3) is 11.1 Å². The molecule has 0 atom stereocenters. The van der Waals surface area contributed by atoms with E-state index in [1.165, 1.54) is 0 Å². The predicted octanol–water partition coefficient (Wildman–Crippen LogP) is 3.17. The molecule has 2 nitrogen and oxygen atoms in total. The number of hydrogen-bond acceptors (Lipinski definition) is 2. The van der Waals surface area contributed by atoms with Gasteiger partial charge in [-0.1, -0.05) is 6.07 Å². The number of rotatable bonds is 1. The van der Waals surface area contributed by atoms with E-state index in [-0.39, 0.29) is 0 Å².